The molecule has 0 radical (unpaired) electrons. The first kappa shape index (κ1) is 9.42. The van der Waals surface area contributed by atoms with E-state index >= 15 is 0 Å². The molecular weight excluding hydrogens is 226 g/mol. The number of nitrogens with one attached hydrogen (secondary N) is 1. The molecule has 0 saturated carbocycles. The van der Waals surface area contributed by atoms with Gasteiger partial charge in [0.2, 0.25) is 0 Å². The van der Waals surface area contributed by atoms with Crippen molar-refractivity contribution >= 4 is 28.2 Å². The van der Waals surface area contributed by atoms with Crippen LogP contribution in [0.15, 0.2) is 29.1 Å². The summed E-state index contributed by atoms with van der Waals surface area (Å²) < 4.78 is 1.71. The summed E-state index contributed by atoms with van der Waals surface area (Å²) in [6.45, 7) is 1.88. The highest BCUT2D eigenvalue weighted by atomic mass is 35.5. The van der Waals surface area contributed by atoms with Crippen molar-refractivity contribution in [1.82, 2.24) is 14.6 Å². The van der Waals surface area contributed by atoms with Gasteiger partial charge < -0.3 is 4.98 Å². The largest absolute Gasteiger partial charge is 0.306 e. The highest BCUT2D eigenvalue weighted by Crippen LogP contribution is 2.17. The normalized spacial score (nSPS) is 11.4. The summed E-state index contributed by atoms with van der Waals surface area (Å²) in [6.07, 6.45) is 0. The molecule has 1 N–H and O–H groups in total. The standard InChI is InChI=1S/C11H8ClN3O/c1-6-4-10-13-11(16)8-5-7(12)2-3-9(8)15(10)14-6/h2-5H,1H3,(H,13,16). The number of rotatable bonds is 0. The van der Waals surface area contributed by atoms with Crippen molar-refractivity contribution in [2.24, 2.45) is 0 Å². The van der Waals surface area contributed by atoms with Crippen LogP contribution in [-0.2, 0) is 0 Å². The van der Waals surface area contributed by atoms with Crippen molar-refractivity contribution in [2.75, 3.05) is 0 Å². The van der Waals surface area contributed by atoms with Crippen molar-refractivity contribution in [3.05, 3.63) is 45.3 Å². The van der Waals surface area contributed by atoms with E-state index in [0.29, 0.717) is 16.1 Å². The van der Waals surface area contributed by atoms with Gasteiger partial charge in [-0.25, -0.2) is 4.52 Å². The van der Waals surface area contributed by atoms with E-state index in [1.165, 1.54) is 0 Å². The maximum atomic E-state index is 11.8. The molecule has 0 unspecified atom stereocenters. The Labute approximate surface area is 95.5 Å². The number of fused-ring (bicyclic) bond motifs is 3. The summed E-state index contributed by atoms with van der Waals surface area (Å²) in [4.78, 5) is 14.6. The van der Waals surface area contributed by atoms with Gasteiger partial charge in [-0.15, -0.1) is 0 Å². The van der Waals surface area contributed by atoms with Crippen LogP contribution in [0.25, 0.3) is 16.6 Å². The van der Waals surface area contributed by atoms with Gasteiger partial charge in [0.15, 0.2) is 0 Å². The monoisotopic (exact) mass is 233 g/mol. The molecule has 5 heteroatoms. The minimum Gasteiger partial charge on any atom is -0.306 e. The Bertz CT molecular complexity index is 757. The lowest BCUT2D eigenvalue weighted by Crippen LogP contribution is -2.09. The zero-order chi connectivity index (χ0) is 11.3. The number of hydrogen-bond donors (Lipinski definition) is 1. The fraction of sp³-hybridized carbons (Fsp3) is 0.0909. The first-order valence-electron chi connectivity index (χ1n) is 4.83. The van der Waals surface area contributed by atoms with Crippen molar-refractivity contribution in [3.8, 4) is 0 Å². The smallest absolute Gasteiger partial charge is 0.259 e. The average Bonchev–Trinajstić information content (AvgIpc) is 2.59. The highest BCUT2D eigenvalue weighted by molar-refractivity contribution is 6.31. The first-order valence-corrected chi connectivity index (χ1v) is 5.21. The molecule has 0 aliphatic rings. The fourth-order valence-electron chi connectivity index (χ4n) is 1.83. The molecule has 0 aliphatic heterocycles. The van der Waals surface area contributed by atoms with E-state index in [0.717, 1.165) is 11.2 Å². The van der Waals surface area contributed by atoms with Gasteiger partial charge in [-0.05, 0) is 25.1 Å². The third-order valence-electron chi connectivity index (χ3n) is 2.50. The van der Waals surface area contributed by atoms with Crippen molar-refractivity contribution in [2.45, 2.75) is 6.92 Å². The number of hydrogen-bond acceptors (Lipinski definition) is 2. The molecular formula is C11H8ClN3O. The summed E-state index contributed by atoms with van der Waals surface area (Å²) >= 11 is 5.86. The summed E-state index contributed by atoms with van der Waals surface area (Å²) in [5.74, 6) is 0. The van der Waals surface area contributed by atoms with E-state index in [2.05, 4.69) is 10.1 Å². The number of H-pyrrole nitrogens is 1. The Kier molecular flexibility index (Phi) is 1.82. The minimum atomic E-state index is -0.148. The second-order valence-electron chi connectivity index (χ2n) is 3.70. The van der Waals surface area contributed by atoms with Crippen LogP contribution in [0.5, 0.6) is 0 Å². The van der Waals surface area contributed by atoms with E-state index in [1.54, 1.807) is 22.7 Å². The first-order chi connectivity index (χ1) is 7.65. The van der Waals surface area contributed by atoms with Gasteiger partial charge in [-0.1, -0.05) is 11.6 Å². The SMILES string of the molecule is Cc1cc2[nH]c(=O)c3cc(Cl)ccc3n2n1. The third kappa shape index (κ3) is 1.23. The predicted octanol–water partition coefficient (Wildman–Crippen LogP) is 2.14. The molecule has 1 aromatic carbocycles. The molecule has 3 rings (SSSR count). The maximum absolute atomic E-state index is 11.8. The second-order valence-corrected chi connectivity index (χ2v) is 4.13. The summed E-state index contributed by atoms with van der Waals surface area (Å²) in [5.41, 5.74) is 2.16. The molecule has 0 aliphatic carbocycles. The van der Waals surface area contributed by atoms with E-state index < -0.39 is 0 Å². The van der Waals surface area contributed by atoms with Gasteiger partial charge in [0.05, 0.1) is 16.6 Å². The Morgan fingerprint density at radius 2 is 2.19 bits per heavy atom. The summed E-state index contributed by atoms with van der Waals surface area (Å²) in [7, 11) is 0. The van der Waals surface area contributed by atoms with Crippen molar-refractivity contribution in [3.63, 3.8) is 0 Å². The highest BCUT2D eigenvalue weighted by Gasteiger charge is 2.06. The van der Waals surface area contributed by atoms with E-state index in [4.69, 9.17) is 11.6 Å². The van der Waals surface area contributed by atoms with Crippen molar-refractivity contribution < 1.29 is 0 Å². The zero-order valence-corrected chi connectivity index (χ0v) is 9.25. The average molecular weight is 234 g/mol. The topological polar surface area (TPSA) is 50.2 Å². The Morgan fingerprint density at radius 1 is 1.38 bits per heavy atom. The van der Waals surface area contributed by atoms with E-state index in [1.807, 2.05) is 13.0 Å². The van der Waals surface area contributed by atoms with Crippen LogP contribution in [0.1, 0.15) is 5.69 Å². The number of benzene rings is 1. The van der Waals surface area contributed by atoms with Gasteiger partial charge in [-0.3, -0.25) is 4.79 Å². The predicted molar refractivity (Wildman–Crippen MR) is 63.1 cm³/mol. The molecule has 0 spiro atoms. The van der Waals surface area contributed by atoms with Crippen LogP contribution >= 0.6 is 11.6 Å². The van der Waals surface area contributed by atoms with Crippen LogP contribution in [0.4, 0.5) is 0 Å². The molecule has 2 aromatic heterocycles. The Hall–Kier alpha value is -1.81. The molecule has 2 heterocycles. The quantitative estimate of drug-likeness (QED) is 0.647. The van der Waals surface area contributed by atoms with Gasteiger partial charge in [0.1, 0.15) is 5.65 Å². The van der Waals surface area contributed by atoms with Crippen LogP contribution in [0.2, 0.25) is 5.02 Å². The second kappa shape index (κ2) is 3.09. The van der Waals surface area contributed by atoms with E-state index in [-0.39, 0.29) is 5.56 Å². The van der Waals surface area contributed by atoms with Gasteiger partial charge in [0.25, 0.3) is 5.56 Å². The number of aromatic amines is 1. The summed E-state index contributed by atoms with van der Waals surface area (Å²) in [6, 6.07) is 7.02. The third-order valence-corrected chi connectivity index (χ3v) is 2.74. The molecule has 0 amide bonds. The number of aromatic nitrogens is 3. The van der Waals surface area contributed by atoms with Gasteiger partial charge in [0, 0.05) is 11.1 Å². The van der Waals surface area contributed by atoms with Crippen LogP contribution in [0.3, 0.4) is 0 Å². The molecule has 0 saturated heterocycles. The van der Waals surface area contributed by atoms with E-state index in [9.17, 15) is 4.79 Å². The minimum absolute atomic E-state index is 0.148. The van der Waals surface area contributed by atoms with Crippen LogP contribution in [0, 0.1) is 6.92 Å². The number of halogens is 1. The lowest BCUT2D eigenvalue weighted by molar-refractivity contribution is 0.951. The molecule has 16 heavy (non-hydrogen) atoms. The Balaban J connectivity index is 2.64. The molecule has 0 fully saturated rings. The number of nitrogens with zero attached hydrogens (tertiary/aromatic N) is 2. The molecule has 4 nitrogen and oxygen atoms in total. The number of aryl methyl sites for hydroxylation is 1. The molecule has 0 bridgehead atoms. The lowest BCUT2D eigenvalue weighted by atomic mass is 10.2. The lowest BCUT2D eigenvalue weighted by Gasteiger charge is -2.00. The molecule has 3 aromatic rings. The maximum Gasteiger partial charge on any atom is 0.259 e. The zero-order valence-electron chi connectivity index (χ0n) is 8.49. The molecule has 0 atom stereocenters. The molecule has 80 valence electrons. The van der Waals surface area contributed by atoms with Gasteiger partial charge in [-0.2, -0.15) is 5.10 Å². The van der Waals surface area contributed by atoms with Crippen molar-refractivity contribution in [1.29, 1.82) is 0 Å². The van der Waals surface area contributed by atoms with Gasteiger partial charge >= 0.3 is 0 Å². The summed E-state index contributed by atoms with van der Waals surface area (Å²) in [5, 5.41) is 5.40. The van der Waals surface area contributed by atoms with Crippen LogP contribution in [-0.4, -0.2) is 14.6 Å². The Morgan fingerprint density at radius 3 is 3.00 bits per heavy atom. The fourth-order valence-corrected chi connectivity index (χ4v) is 2.00. The van der Waals surface area contributed by atoms with Crippen LogP contribution < -0.4 is 5.56 Å².